The maximum absolute atomic E-state index is 11.4. The molecule has 0 spiro atoms. The Morgan fingerprint density at radius 1 is 1.50 bits per heavy atom. The summed E-state index contributed by atoms with van der Waals surface area (Å²) in [5, 5.41) is 9.29. The topological polar surface area (TPSA) is 149 Å². The number of carbonyl (C=O) groups is 1. The summed E-state index contributed by atoms with van der Waals surface area (Å²) in [6.45, 7) is 0. The van der Waals surface area contributed by atoms with Gasteiger partial charge in [0, 0.05) is 0 Å². The zero-order chi connectivity index (χ0) is 13.3. The van der Waals surface area contributed by atoms with Gasteiger partial charge in [-0.2, -0.15) is 5.10 Å². The van der Waals surface area contributed by atoms with Crippen LogP contribution < -0.4 is 17.0 Å². The van der Waals surface area contributed by atoms with Crippen molar-refractivity contribution in [3.8, 4) is 5.82 Å². The van der Waals surface area contributed by atoms with E-state index in [1.54, 1.807) is 0 Å². The smallest absolute Gasteiger partial charge is 0.360 e. The molecule has 2 aromatic rings. The molecule has 0 aliphatic carbocycles. The number of hydrogen-bond donors (Lipinski definition) is 3. The van der Waals surface area contributed by atoms with Gasteiger partial charge in [-0.3, -0.25) is 9.78 Å². The number of rotatable bonds is 2. The molecule has 0 fully saturated rings. The first-order chi connectivity index (χ1) is 8.52. The van der Waals surface area contributed by atoms with E-state index in [1.165, 1.54) is 13.3 Å². The maximum atomic E-state index is 11.4. The van der Waals surface area contributed by atoms with Gasteiger partial charge in [-0.05, 0) is 0 Å². The minimum absolute atomic E-state index is 0.0225. The number of carbonyl (C=O) groups excluding carboxylic acids is 1. The highest BCUT2D eigenvalue weighted by Gasteiger charge is 2.17. The predicted molar refractivity (Wildman–Crippen MR) is 58.4 cm³/mol. The van der Waals surface area contributed by atoms with Crippen LogP contribution in [0.5, 0.6) is 0 Å². The molecule has 2 rings (SSSR count). The average Bonchev–Trinajstić information content (AvgIpc) is 2.70. The Balaban J connectivity index is 2.56. The van der Waals surface area contributed by atoms with Gasteiger partial charge in [-0.25, -0.2) is 19.4 Å². The Kier molecular flexibility index (Phi) is 2.67. The van der Waals surface area contributed by atoms with Crippen molar-refractivity contribution in [2.45, 2.75) is 0 Å². The molecule has 0 saturated carbocycles. The molecule has 0 aliphatic rings. The molecular formula is C8H8N6O4. The number of nitrogens with one attached hydrogen (secondary N) is 2. The third kappa shape index (κ3) is 1.86. The van der Waals surface area contributed by atoms with Crippen LogP contribution in [0.4, 0.5) is 5.69 Å². The van der Waals surface area contributed by atoms with E-state index >= 15 is 0 Å². The molecule has 0 atom stereocenters. The second kappa shape index (κ2) is 4.16. The molecule has 2 aromatic heterocycles. The summed E-state index contributed by atoms with van der Waals surface area (Å²) in [6.07, 6.45) is 1.21. The number of esters is 1. The Bertz CT molecular complexity index is 711. The maximum Gasteiger partial charge on any atom is 0.360 e. The van der Waals surface area contributed by atoms with Crippen LogP contribution in [-0.2, 0) is 4.74 Å². The lowest BCUT2D eigenvalue weighted by Crippen LogP contribution is -2.28. The normalized spacial score (nSPS) is 10.3. The quantitative estimate of drug-likeness (QED) is 0.524. The van der Waals surface area contributed by atoms with Crippen molar-refractivity contribution < 1.29 is 9.53 Å². The van der Waals surface area contributed by atoms with Crippen LogP contribution in [0, 0.1) is 0 Å². The lowest BCUT2D eigenvalue weighted by atomic mass is 10.4. The summed E-state index contributed by atoms with van der Waals surface area (Å²) in [7, 11) is 1.17. The number of aromatic nitrogens is 5. The van der Waals surface area contributed by atoms with Gasteiger partial charge in [0.25, 0.3) is 5.56 Å². The van der Waals surface area contributed by atoms with Crippen LogP contribution in [0.15, 0.2) is 15.8 Å². The molecule has 2 heterocycles. The number of ether oxygens (including phenoxy) is 1. The van der Waals surface area contributed by atoms with Crippen molar-refractivity contribution in [3.63, 3.8) is 0 Å². The van der Waals surface area contributed by atoms with Gasteiger partial charge >= 0.3 is 11.7 Å². The van der Waals surface area contributed by atoms with Gasteiger partial charge in [-0.1, -0.05) is 0 Å². The highest BCUT2D eigenvalue weighted by molar-refractivity contribution is 5.92. The third-order valence-corrected chi connectivity index (χ3v) is 2.03. The Labute approximate surface area is 98.4 Å². The lowest BCUT2D eigenvalue weighted by molar-refractivity contribution is 0.0594. The second-order valence-electron chi connectivity index (χ2n) is 3.20. The molecular weight excluding hydrogens is 244 g/mol. The van der Waals surface area contributed by atoms with Gasteiger partial charge in [0.2, 0.25) is 5.82 Å². The summed E-state index contributed by atoms with van der Waals surface area (Å²) in [5.74, 6) is -0.969. The minimum atomic E-state index is -0.766. The molecule has 10 heteroatoms. The van der Waals surface area contributed by atoms with Crippen molar-refractivity contribution in [1.29, 1.82) is 0 Å². The number of nitrogen functional groups attached to an aromatic ring is 1. The molecule has 10 nitrogen and oxygen atoms in total. The average molecular weight is 252 g/mol. The summed E-state index contributed by atoms with van der Waals surface area (Å²) in [6, 6.07) is 0. The fourth-order valence-electron chi connectivity index (χ4n) is 1.25. The Morgan fingerprint density at radius 2 is 2.22 bits per heavy atom. The van der Waals surface area contributed by atoms with E-state index in [4.69, 9.17) is 5.73 Å². The van der Waals surface area contributed by atoms with Crippen LogP contribution >= 0.6 is 0 Å². The lowest BCUT2D eigenvalue weighted by Gasteiger charge is -1.96. The second-order valence-corrected chi connectivity index (χ2v) is 3.20. The van der Waals surface area contributed by atoms with E-state index in [0.29, 0.717) is 0 Å². The van der Waals surface area contributed by atoms with Gasteiger partial charge in [-0.15, -0.1) is 5.10 Å². The zero-order valence-corrected chi connectivity index (χ0v) is 9.13. The van der Waals surface area contributed by atoms with Crippen molar-refractivity contribution in [2.75, 3.05) is 12.8 Å². The zero-order valence-electron chi connectivity index (χ0n) is 9.13. The molecule has 0 unspecified atom stereocenters. The molecule has 94 valence electrons. The number of nitrogens with two attached hydrogens (primary N) is 1. The number of anilines is 1. The SMILES string of the molecule is COC(=O)c1nn(-c2n[nH]c(=O)[nH]c2=O)cc1N. The molecule has 18 heavy (non-hydrogen) atoms. The van der Waals surface area contributed by atoms with Crippen LogP contribution in [0.25, 0.3) is 5.82 Å². The van der Waals surface area contributed by atoms with Crippen LogP contribution in [0.2, 0.25) is 0 Å². The largest absolute Gasteiger partial charge is 0.464 e. The van der Waals surface area contributed by atoms with Crippen molar-refractivity contribution in [1.82, 2.24) is 25.0 Å². The number of methoxy groups -OCH3 is 1. The Hall–Kier alpha value is -2.91. The Morgan fingerprint density at radius 3 is 2.83 bits per heavy atom. The van der Waals surface area contributed by atoms with Gasteiger partial charge < -0.3 is 10.5 Å². The van der Waals surface area contributed by atoms with E-state index in [-0.39, 0.29) is 17.2 Å². The monoisotopic (exact) mass is 252 g/mol. The highest BCUT2D eigenvalue weighted by Crippen LogP contribution is 2.11. The van der Waals surface area contributed by atoms with Crippen molar-refractivity contribution >= 4 is 11.7 Å². The molecule has 0 radical (unpaired) electrons. The molecule has 0 aliphatic heterocycles. The van der Waals surface area contributed by atoms with Crippen LogP contribution in [0.1, 0.15) is 10.5 Å². The van der Waals surface area contributed by atoms with E-state index < -0.39 is 17.2 Å². The molecule has 0 amide bonds. The molecule has 0 saturated heterocycles. The predicted octanol–water partition coefficient (Wildman–Crippen LogP) is -1.99. The first-order valence-electron chi connectivity index (χ1n) is 4.65. The van der Waals surface area contributed by atoms with Crippen molar-refractivity contribution in [3.05, 3.63) is 32.7 Å². The summed E-state index contributed by atoms with van der Waals surface area (Å²) >= 11 is 0. The van der Waals surface area contributed by atoms with Crippen LogP contribution in [-0.4, -0.2) is 38.0 Å². The van der Waals surface area contributed by atoms with E-state index in [1.807, 2.05) is 10.1 Å². The summed E-state index contributed by atoms with van der Waals surface area (Å²) in [4.78, 5) is 35.5. The van der Waals surface area contributed by atoms with E-state index in [0.717, 1.165) is 4.68 Å². The minimum Gasteiger partial charge on any atom is -0.464 e. The highest BCUT2D eigenvalue weighted by atomic mass is 16.5. The fraction of sp³-hybridized carbons (Fsp3) is 0.125. The van der Waals surface area contributed by atoms with Crippen molar-refractivity contribution in [2.24, 2.45) is 0 Å². The molecule has 0 aromatic carbocycles. The number of aromatic amines is 2. The summed E-state index contributed by atoms with van der Waals surface area (Å²) in [5.41, 5.74) is 3.89. The van der Waals surface area contributed by atoms with Crippen LogP contribution in [0.3, 0.4) is 0 Å². The standard InChI is InChI=1S/C8H8N6O4/c1-18-7(16)4-3(9)2-14(13-4)5-6(15)10-8(17)12-11-5/h2H,9H2,1H3,(H2,10,12,15,17). The van der Waals surface area contributed by atoms with Gasteiger partial charge in [0.1, 0.15) is 0 Å². The number of H-pyrrole nitrogens is 2. The third-order valence-electron chi connectivity index (χ3n) is 2.03. The van der Waals surface area contributed by atoms with E-state index in [2.05, 4.69) is 14.9 Å². The van der Waals surface area contributed by atoms with E-state index in [9.17, 15) is 14.4 Å². The molecule has 4 N–H and O–H groups in total. The van der Waals surface area contributed by atoms with Gasteiger partial charge in [0.15, 0.2) is 5.69 Å². The molecule has 0 bridgehead atoms. The first-order valence-corrected chi connectivity index (χ1v) is 4.65. The number of hydrogen-bond acceptors (Lipinski definition) is 7. The number of nitrogens with zero attached hydrogens (tertiary/aromatic N) is 3. The fourth-order valence-corrected chi connectivity index (χ4v) is 1.25. The first kappa shape index (κ1) is 11.6. The summed E-state index contributed by atoms with van der Waals surface area (Å²) < 4.78 is 5.43. The van der Waals surface area contributed by atoms with Gasteiger partial charge in [0.05, 0.1) is 19.0 Å².